The molecule has 0 aliphatic heterocycles. The molecule has 2 N–H and O–H groups in total. The van der Waals surface area contributed by atoms with Gasteiger partial charge in [0.1, 0.15) is 0 Å². The summed E-state index contributed by atoms with van der Waals surface area (Å²) in [4.78, 5) is 10.8. The van der Waals surface area contributed by atoms with E-state index in [0.29, 0.717) is 5.56 Å². The zero-order valence-corrected chi connectivity index (χ0v) is 10.5. The second kappa shape index (κ2) is 4.96. The largest absolute Gasteiger partial charge is 0.478 e. The van der Waals surface area contributed by atoms with E-state index in [1.54, 1.807) is 12.1 Å². The van der Waals surface area contributed by atoms with E-state index >= 15 is 0 Å². The number of aromatic nitrogens is 1. The SMILES string of the molecule is Cc1cc(C(=O)O)ccc1NCc1cccn1C. The van der Waals surface area contributed by atoms with E-state index in [1.807, 2.05) is 42.9 Å². The number of aromatic carboxylic acids is 1. The molecule has 4 nitrogen and oxygen atoms in total. The molecule has 1 aromatic carbocycles. The molecule has 2 rings (SSSR count). The lowest BCUT2D eigenvalue weighted by Gasteiger charge is -2.10. The number of hydrogen-bond acceptors (Lipinski definition) is 2. The molecule has 0 spiro atoms. The van der Waals surface area contributed by atoms with Crippen molar-refractivity contribution in [1.29, 1.82) is 0 Å². The molecule has 1 heterocycles. The van der Waals surface area contributed by atoms with Crippen LogP contribution in [0.1, 0.15) is 21.6 Å². The van der Waals surface area contributed by atoms with E-state index in [9.17, 15) is 4.79 Å². The van der Waals surface area contributed by atoms with Gasteiger partial charge in [-0.2, -0.15) is 0 Å². The van der Waals surface area contributed by atoms with E-state index in [1.165, 1.54) is 5.69 Å². The number of carboxylic acid groups (broad SMARTS) is 1. The molecule has 0 fully saturated rings. The van der Waals surface area contributed by atoms with Crippen LogP contribution in [-0.2, 0) is 13.6 Å². The van der Waals surface area contributed by atoms with Crippen LogP contribution in [0, 0.1) is 6.92 Å². The van der Waals surface area contributed by atoms with E-state index in [-0.39, 0.29) is 0 Å². The topological polar surface area (TPSA) is 54.3 Å². The summed E-state index contributed by atoms with van der Waals surface area (Å²) in [7, 11) is 2.00. The number of nitrogens with zero attached hydrogens (tertiary/aromatic N) is 1. The molecule has 0 amide bonds. The zero-order chi connectivity index (χ0) is 13.1. The highest BCUT2D eigenvalue weighted by Crippen LogP contribution is 2.17. The van der Waals surface area contributed by atoms with Crippen LogP contribution in [0.15, 0.2) is 36.5 Å². The van der Waals surface area contributed by atoms with E-state index in [4.69, 9.17) is 5.11 Å². The Morgan fingerprint density at radius 1 is 1.39 bits per heavy atom. The second-order valence-corrected chi connectivity index (χ2v) is 4.30. The first kappa shape index (κ1) is 12.2. The van der Waals surface area contributed by atoms with Gasteiger partial charge in [0, 0.05) is 24.6 Å². The highest BCUT2D eigenvalue weighted by Gasteiger charge is 2.05. The fourth-order valence-electron chi connectivity index (χ4n) is 1.86. The summed E-state index contributed by atoms with van der Waals surface area (Å²) in [5, 5.41) is 12.2. The first-order chi connectivity index (χ1) is 8.58. The van der Waals surface area contributed by atoms with Crippen molar-refractivity contribution in [2.24, 2.45) is 7.05 Å². The summed E-state index contributed by atoms with van der Waals surface area (Å²) in [5.41, 5.74) is 3.39. The predicted octanol–water partition coefficient (Wildman–Crippen LogP) is 2.64. The Balaban J connectivity index is 2.11. The summed E-state index contributed by atoms with van der Waals surface area (Å²) in [6.07, 6.45) is 2.00. The van der Waals surface area contributed by atoms with Crippen molar-refractivity contribution in [2.75, 3.05) is 5.32 Å². The molecule has 0 radical (unpaired) electrons. The maximum absolute atomic E-state index is 10.8. The van der Waals surface area contributed by atoms with Gasteiger partial charge in [-0.15, -0.1) is 0 Å². The Kier molecular flexibility index (Phi) is 3.37. The molecule has 0 bridgehead atoms. The Morgan fingerprint density at radius 2 is 2.17 bits per heavy atom. The predicted molar refractivity (Wildman–Crippen MR) is 70.9 cm³/mol. The fourth-order valence-corrected chi connectivity index (χ4v) is 1.86. The number of carboxylic acids is 1. The highest BCUT2D eigenvalue weighted by molar-refractivity contribution is 5.88. The van der Waals surface area contributed by atoms with Crippen molar-refractivity contribution in [1.82, 2.24) is 4.57 Å². The standard InChI is InChI=1S/C14H16N2O2/c1-10-8-11(14(17)18)5-6-13(10)15-9-12-4-3-7-16(12)2/h3-8,15H,9H2,1-2H3,(H,17,18). The third-order valence-corrected chi connectivity index (χ3v) is 2.98. The number of aryl methyl sites for hydroxylation is 2. The maximum atomic E-state index is 10.8. The lowest BCUT2D eigenvalue weighted by molar-refractivity contribution is 0.0697. The van der Waals surface area contributed by atoms with Crippen molar-refractivity contribution in [3.63, 3.8) is 0 Å². The second-order valence-electron chi connectivity index (χ2n) is 4.30. The maximum Gasteiger partial charge on any atom is 0.335 e. The van der Waals surface area contributed by atoms with Crippen molar-refractivity contribution in [3.05, 3.63) is 53.3 Å². The lowest BCUT2D eigenvalue weighted by atomic mass is 10.1. The number of benzene rings is 1. The molecule has 0 aliphatic rings. The Morgan fingerprint density at radius 3 is 2.72 bits per heavy atom. The minimum absolute atomic E-state index is 0.317. The molecule has 0 atom stereocenters. The molecule has 1 aromatic heterocycles. The van der Waals surface area contributed by atoms with Gasteiger partial charge in [0.25, 0.3) is 0 Å². The van der Waals surface area contributed by atoms with E-state index < -0.39 is 5.97 Å². The van der Waals surface area contributed by atoms with Gasteiger partial charge in [0.2, 0.25) is 0 Å². The van der Waals surface area contributed by atoms with Gasteiger partial charge < -0.3 is 15.0 Å². The molecule has 18 heavy (non-hydrogen) atoms. The number of hydrogen-bond donors (Lipinski definition) is 2. The van der Waals surface area contributed by atoms with Crippen LogP contribution in [0.25, 0.3) is 0 Å². The average molecular weight is 244 g/mol. The van der Waals surface area contributed by atoms with Crippen molar-refractivity contribution in [2.45, 2.75) is 13.5 Å². The van der Waals surface area contributed by atoms with Gasteiger partial charge in [0.15, 0.2) is 0 Å². The minimum atomic E-state index is -0.896. The molecular formula is C14H16N2O2. The van der Waals surface area contributed by atoms with Crippen LogP contribution < -0.4 is 5.32 Å². The van der Waals surface area contributed by atoms with Gasteiger partial charge in [-0.1, -0.05) is 0 Å². The smallest absolute Gasteiger partial charge is 0.335 e. The molecule has 0 saturated carbocycles. The van der Waals surface area contributed by atoms with Crippen LogP contribution in [0.2, 0.25) is 0 Å². The van der Waals surface area contributed by atoms with Crippen molar-refractivity contribution in [3.8, 4) is 0 Å². The molecule has 2 aromatic rings. The van der Waals surface area contributed by atoms with Gasteiger partial charge in [-0.3, -0.25) is 0 Å². The zero-order valence-electron chi connectivity index (χ0n) is 10.5. The van der Waals surface area contributed by atoms with Crippen molar-refractivity contribution >= 4 is 11.7 Å². The Bertz CT molecular complexity index is 573. The van der Waals surface area contributed by atoms with Gasteiger partial charge in [-0.25, -0.2) is 4.79 Å². The third-order valence-electron chi connectivity index (χ3n) is 2.98. The van der Waals surface area contributed by atoms with Crippen LogP contribution in [0.3, 0.4) is 0 Å². The quantitative estimate of drug-likeness (QED) is 0.869. The summed E-state index contributed by atoms with van der Waals surface area (Å²) in [5.74, 6) is -0.896. The summed E-state index contributed by atoms with van der Waals surface area (Å²) in [6, 6.07) is 9.14. The van der Waals surface area contributed by atoms with Crippen molar-refractivity contribution < 1.29 is 9.90 Å². The Labute approximate surface area is 106 Å². The lowest BCUT2D eigenvalue weighted by Crippen LogP contribution is -2.06. The van der Waals surface area contributed by atoms with Crippen LogP contribution in [-0.4, -0.2) is 15.6 Å². The first-order valence-corrected chi connectivity index (χ1v) is 5.76. The molecule has 4 heteroatoms. The number of rotatable bonds is 4. The van der Waals surface area contributed by atoms with E-state index in [2.05, 4.69) is 5.32 Å². The minimum Gasteiger partial charge on any atom is -0.478 e. The normalized spacial score (nSPS) is 10.3. The summed E-state index contributed by atoms with van der Waals surface area (Å²) in [6.45, 7) is 2.62. The fraction of sp³-hybridized carbons (Fsp3) is 0.214. The average Bonchev–Trinajstić information content (AvgIpc) is 2.73. The van der Waals surface area contributed by atoms with E-state index in [0.717, 1.165) is 17.8 Å². The van der Waals surface area contributed by atoms with Crippen LogP contribution in [0.4, 0.5) is 5.69 Å². The monoisotopic (exact) mass is 244 g/mol. The highest BCUT2D eigenvalue weighted by atomic mass is 16.4. The number of nitrogens with one attached hydrogen (secondary N) is 1. The summed E-state index contributed by atoms with van der Waals surface area (Å²) >= 11 is 0. The number of anilines is 1. The Hall–Kier alpha value is -2.23. The van der Waals surface area contributed by atoms with Gasteiger partial charge in [0.05, 0.1) is 12.1 Å². The summed E-state index contributed by atoms with van der Waals surface area (Å²) < 4.78 is 2.05. The first-order valence-electron chi connectivity index (χ1n) is 5.76. The molecule has 94 valence electrons. The third kappa shape index (κ3) is 2.53. The number of carbonyl (C=O) groups is 1. The van der Waals surface area contributed by atoms with Gasteiger partial charge in [-0.05, 0) is 42.8 Å². The molecular weight excluding hydrogens is 228 g/mol. The molecule has 0 aliphatic carbocycles. The van der Waals surface area contributed by atoms with Gasteiger partial charge >= 0.3 is 5.97 Å². The molecule has 0 unspecified atom stereocenters. The van der Waals surface area contributed by atoms with Crippen LogP contribution >= 0.6 is 0 Å². The molecule has 0 saturated heterocycles. The van der Waals surface area contributed by atoms with Crippen LogP contribution in [0.5, 0.6) is 0 Å².